The molecule has 1 fully saturated rings. The lowest BCUT2D eigenvalue weighted by atomic mass is 10.1. The zero-order valence-corrected chi connectivity index (χ0v) is 17.2. The maximum absolute atomic E-state index is 12.7. The van der Waals surface area contributed by atoms with E-state index in [1.54, 1.807) is 7.05 Å². The molecule has 1 aromatic carbocycles. The number of rotatable bonds is 5. The molecule has 0 atom stereocenters. The van der Waals surface area contributed by atoms with E-state index in [2.05, 4.69) is 21.3 Å². The van der Waals surface area contributed by atoms with Crippen molar-refractivity contribution >= 4 is 16.9 Å². The highest BCUT2D eigenvalue weighted by Crippen LogP contribution is 2.16. The fourth-order valence-electron chi connectivity index (χ4n) is 3.93. The van der Waals surface area contributed by atoms with Gasteiger partial charge in [0.1, 0.15) is 5.65 Å². The molecule has 3 aromatic rings. The molecule has 0 saturated carbocycles. The van der Waals surface area contributed by atoms with Gasteiger partial charge in [-0.2, -0.15) is 0 Å². The molecule has 0 spiro atoms. The van der Waals surface area contributed by atoms with Gasteiger partial charge in [-0.15, -0.1) is 0 Å². The first kappa shape index (κ1) is 20.0. The number of aryl methyl sites for hydroxylation is 1. The smallest absolute Gasteiger partial charge is 0.332 e. The monoisotopic (exact) mass is 407 g/mol. The summed E-state index contributed by atoms with van der Waals surface area (Å²) in [6, 6.07) is 9.60. The summed E-state index contributed by atoms with van der Waals surface area (Å²) < 4.78 is 2.31. The minimum Gasteiger partial charge on any atom is -0.348 e. The Morgan fingerprint density at radius 1 is 1.07 bits per heavy atom. The van der Waals surface area contributed by atoms with Gasteiger partial charge in [-0.25, -0.2) is 9.78 Å². The lowest BCUT2D eigenvalue weighted by molar-refractivity contribution is 0.0950. The van der Waals surface area contributed by atoms with Crippen LogP contribution in [0.5, 0.6) is 0 Å². The molecular weight excluding hydrogens is 382 g/mol. The molecule has 0 aliphatic carbocycles. The van der Waals surface area contributed by atoms with Crippen molar-refractivity contribution in [2.75, 3.05) is 13.1 Å². The van der Waals surface area contributed by atoms with Crippen LogP contribution in [-0.2, 0) is 27.2 Å². The minimum atomic E-state index is -0.466. The molecule has 1 aliphatic rings. The minimum absolute atomic E-state index is 0.238. The van der Waals surface area contributed by atoms with Crippen LogP contribution in [0.3, 0.4) is 0 Å². The Labute approximate surface area is 173 Å². The van der Waals surface area contributed by atoms with Crippen molar-refractivity contribution in [3.8, 4) is 0 Å². The van der Waals surface area contributed by atoms with Crippen LogP contribution in [0.1, 0.15) is 34.3 Å². The number of carbonyl (C=O) groups is 1. The third kappa shape index (κ3) is 3.78. The number of carbonyl (C=O) groups excluding carboxylic acids is 1. The predicted molar refractivity (Wildman–Crippen MR) is 114 cm³/mol. The first-order chi connectivity index (χ1) is 14.5. The Balaban J connectivity index is 1.54. The molecule has 0 unspecified atom stereocenters. The van der Waals surface area contributed by atoms with E-state index in [1.807, 2.05) is 18.2 Å². The molecule has 4 rings (SSSR count). The zero-order valence-electron chi connectivity index (χ0n) is 17.2. The number of benzene rings is 1. The van der Waals surface area contributed by atoms with Crippen LogP contribution in [0.2, 0.25) is 0 Å². The summed E-state index contributed by atoms with van der Waals surface area (Å²) in [7, 11) is 2.96. The number of likely N-dealkylation sites (tertiary alicyclic amines) is 1. The van der Waals surface area contributed by atoms with Crippen molar-refractivity contribution in [3.63, 3.8) is 0 Å². The van der Waals surface area contributed by atoms with Gasteiger partial charge in [-0.05, 0) is 43.1 Å². The third-order valence-electron chi connectivity index (χ3n) is 5.71. The summed E-state index contributed by atoms with van der Waals surface area (Å²) in [6.45, 7) is 3.50. The topological polar surface area (TPSA) is 89.2 Å². The van der Waals surface area contributed by atoms with E-state index in [0.29, 0.717) is 6.54 Å². The van der Waals surface area contributed by atoms with E-state index < -0.39 is 11.2 Å². The maximum Gasteiger partial charge on any atom is 0.332 e. The Morgan fingerprint density at radius 2 is 1.77 bits per heavy atom. The van der Waals surface area contributed by atoms with Crippen LogP contribution in [0.15, 0.2) is 46.1 Å². The molecule has 1 saturated heterocycles. The van der Waals surface area contributed by atoms with Crippen LogP contribution in [-0.4, -0.2) is 38.0 Å². The first-order valence-corrected chi connectivity index (χ1v) is 10.1. The first-order valence-electron chi connectivity index (χ1n) is 10.1. The van der Waals surface area contributed by atoms with Gasteiger partial charge in [-0.3, -0.25) is 23.6 Å². The molecule has 156 valence electrons. The summed E-state index contributed by atoms with van der Waals surface area (Å²) in [5.74, 6) is -0.309. The molecule has 0 bridgehead atoms. The summed E-state index contributed by atoms with van der Waals surface area (Å²) in [5.41, 5.74) is 1.91. The molecule has 1 amide bonds. The van der Waals surface area contributed by atoms with Gasteiger partial charge in [0, 0.05) is 33.4 Å². The highest BCUT2D eigenvalue weighted by Gasteiger charge is 2.16. The van der Waals surface area contributed by atoms with Gasteiger partial charge < -0.3 is 5.32 Å². The molecule has 0 radical (unpaired) electrons. The van der Waals surface area contributed by atoms with E-state index in [-0.39, 0.29) is 22.5 Å². The van der Waals surface area contributed by atoms with E-state index in [0.717, 1.165) is 29.8 Å². The average Bonchev–Trinajstić information content (AvgIpc) is 3.28. The van der Waals surface area contributed by atoms with Crippen molar-refractivity contribution in [1.82, 2.24) is 24.3 Å². The van der Waals surface area contributed by atoms with Crippen LogP contribution in [0.4, 0.5) is 0 Å². The Hall–Kier alpha value is -3.26. The highest BCUT2D eigenvalue weighted by molar-refractivity contribution is 5.96. The standard InChI is InChI=1S/C22H25N5O3/c1-25-19-18(21(29)26(2)22(25)30)11-17(13-23-19)20(28)24-12-15-7-3-4-8-16(15)14-27-9-5-6-10-27/h3-4,7-8,11,13H,5-6,9-10,12,14H2,1-2H3,(H,24,28). The number of aromatic nitrogens is 3. The van der Waals surface area contributed by atoms with E-state index in [1.165, 1.54) is 42.3 Å². The average molecular weight is 407 g/mol. The second-order valence-corrected chi connectivity index (χ2v) is 7.74. The molecular formula is C22H25N5O3. The van der Waals surface area contributed by atoms with Gasteiger partial charge in [0.05, 0.1) is 10.9 Å². The quantitative estimate of drug-likeness (QED) is 0.686. The Kier molecular flexibility index (Phi) is 5.50. The molecule has 2 aromatic heterocycles. The second kappa shape index (κ2) is 8.23. The maximum atomic E-state index is 12.7. The fraction of sp³-hybridized carbons (Fsp3) is 0.364. The van der Waals surface area contributed by atoms with Gasteiger partial charge in [0.2, 0.25) is 0 Å². The molecule has 3 heterocycles. The number of hydrogen-bond acceptors (Lipinski definition) is 5. The largest absolute Gasteiger partial charge is 0.348 e. The lowest BCUT2D eigenvalue weighted by Gasteiger charge is -2.17. The number of pyridine rings is 1. The SMILES string of the molecule is Cn1c(=O)c2cc(C(=O)NCc3ccccc3CN3CCCC3)cnc2n(C)c1=O. The highest BCUT2D eigenvalue weighted by atomic mass is 16.2. The van der Waals surface area contributed by atoms with E-state index in [9.17, 15) is 14.4 Å². The van der Waals surface area contributed by atoms with Crippen molar-refractivity contribution in [1.29, 1.82) is 0 Å². The number of nitrogens with one attached hydrogen (secondary N) is 1. The number of fused-ring (bicyclic) bond motifs is 1. The van der Waals surface area contributed by atoms with Gasteiger partial charge >= 0.3 is 5.69 Å². The zero-order chi connectivity index (χ0) is 21.3. The molecule has 8 nitrogen and oxygen atoms in total. The molecule has 8 heteroatoms. The fourth-order valence-corrected chi connectivity index (χ4v) is 3.93. The lowest BCUT2D eigenvalue weighted by Crippen LogP contribution is -2.37. The van der Waals surface area contributed by atoms with Crippen LogP contribution in [0.25, 0.3) is 11.0 Å². The number of hydrogen-bond donors (Lipinski definition) is 1. The number of amides is 1. The van der Waals surface area contributed by atoms with Crippen molar-refractivity contribution in [2.24, 2.45) is 14.1 Å². The second-order valence-electron chi connectivity index (χ2n) is 7.74. The summed E-state index contributed by atoms with van der Waals surface area (Å²) in [6.07, 6.45) is 3.87. The van der Waals surface area contributed by atoms with Crippen LogP contribution >= 0.6 is 0 Å². The van der Waals surface area contributed by atoms with Crippen LogP contribution < -0.4 is 16.6 Å². The normalized spacial score (nSPS) is 14.3. The molecule has 1 aliphatic heterocycles. The van der Waals surface area contributed by atoms with Gasteiger partial charge in [-0.1, -0.05) is 24.3 Å². The Morgan fingerprint density at radius 3 is 2.50 bits per heavy atom. The summed E-state index contributed by atoms with van der Waals surface area (Å²) >= 11 is 0. The summed E-state index contributed by atoms with van der Waals surface area (Å²) in [5, 5.41) is 3.17. The van der Waals surface area contributed by atoms with E-state index in [4.69, 9.17) is 0 Å². The molecule has 1 N–H and O–H groups in total. The predicted octanol–water partition coefficient (Wildman–Crippen LogP) is 1.16. The molecule has 30 heavy (non-hydrogen) atoms. The van der Waals surface area contributed by atoms with Crippen molar-refractivity contribution in [2.45, 2.75) is 25.9 Å². The van der Waals surface area contributed by atoms with E-state index >= 15 is 0 Å². The van der Waals surface area contributed by atoms with Crippen molar-refractivity contribution in [3.05, 3.63) is 74.1 Å². The van der Waals surface area contributed by atoms with Gasteiger partial charge in [0.25, 0.3) is 11.5 Å². The van der Waals surface area contributed by atoms with Gasteiger partial charge in [0.15, 0.2) is 0 Å². The van der Waals surface area contributed by atoms with Crippen molar-refractivity contribution < 1.29 is 4.79 Å². The Bertz CT molecular complexity index is 1220. The number of nitrogens with zero attached hydrogens (tertiary/aromatic N) is 4. The third-order valence-corrected chi connectivity index (χ3v) is 5.71. The summed E-state index contributed by atoms with van der Waals surface area (Å²) in [4.78, 5) is 43.8. The van der Waals surface area contributed by atoms with Crippen LogP contribution in [0, 0.1) is 0 Å².